The van der Waals surface area contributed by atoms with Gasteiger partial charge in [0, 0.05) is 29.5 Å². The lowest BCUT2D eigenvalue weighted by atomic mass is 9.51. The van der Waals surface area contributed by atoms with E-state index in [0.29, 0.717) is 17.7 Å². The van der Waals surface area contributed by atoms with E-state index in [9.17, 15) is 4.79 Å². The van der Waals surface area contributed by atoms with Gasteiger partial charge in [0.25, 0.3) is 5.78 Å². The second-order valence-electron chi connectivity index (χ2n) is 7.34. The molecule has 2 fully saturated rings. The van der Waals surface area contributed by atoms with Crippen molar-refractivity contribution in [2.45, 2.75) is 65.0 Å². The van der Waals surface area contributed by atoms with E-state index in [2.05, 4.69) is 20.4 Å². The fraction of sp³-hybridized carbons (Fsp3) is 0.667. The van der Waals surface area contributed by atoms with Gasteiger partial charge in [-0.3, -0.25) is 4.79 Å². The average molecular weight is 343 g/mol. The van der Waals surface area contributed by atoms with E-state index in [4.69, 9.17) is 4.74 Å². The van der Waals surface area contributed by atoms with Gasteiger partial charge in [0.2, 0.25) is 5.91 Å². The number of aromatic nitrogens is 4. The van der Waals surface area contributed by atoms with Crippen LogP contribution in [0.25, 0.3) is 5.78 Å². The number of rotatable bonds is 5. The van der Waals surface area contributed by atoms with Crippen molar-refractivity contribution < 1.29 is 9.53 Å². The van der Waals surface area contributed by atoms with E-state index < -0.39 is 0 Å². The Bertz CT molecular complexity index is 811. The number of nitrogens with one attached hydrogen (secondary N) is 1. The van der Waals surface area contributed by atoms with Crippen LogP contribution >= 0.6 is 0 Å². The molecule has 25 heavy (non-hydrogen) atoms. The standard InChI is InChI=1S/C18H25N5O2/c1-4-25-14-9-13(18(14)6-5-7-18)20-16(24)10-15-21-17-19-11(2)8-12(3)23(17)22-15/h8,13-14H,4-7,9-10H2,1-3H3,(H,20,24)/t13-,14-/m1/s1. The van der Waals surface area contributed by atoms with Crippen molar-refractivity contribution >= 4 is 11.7 Å². The molecule has 0 unspecified atom stereocenters. The molecule has 2 aromatic heterocycles. The van der Waals surface area contributed by atoms with Crippen LogP contribution in [0, 0.1) is 19.3 Å². The number of hydrogen-bond acceptors (Lipinski definition) is 5. The Labute approximate surface area is 147 Å². The van der Waals surface area contributed by atoms with E-state index in [-0.39, 0.29) is 23.8 Å². The van der Waals surface area contributed by atoms with Gasteiger partial charge in [0.1, 0.15) is 0 Å². The number of ether oxygens (including phenoxy) is 1. The Balaban J connectivity index is 1.42. The third-order valence-corrected chi connectivity index (χ3v) is 5.75. The number of hydrogen-bond donors (Lipinski definition) is 1. The Kier molecular flexibility index (Phi) is 3.98. The van der Waals surface area contributed by atoms with Crippen molar-refractivity contribution in [2.24, 2.45) is 5.41 Å². The van der Waals surface area contributed by atoms with Crippen LogP contribution in [0.3, 0.4) is 0 Å². The lowest BCUT2D eigenvalue weighted by Crippen LogP contribution is -2.67. The molecule has 2 atom stereocenters. The number of aryl methyl sites for hydroxylation is 2. The molecule has 1 amide bonds. The van der Waals surface area contributed by atoms with Crippen LogP contribution in [0.4, 0.5) is 0 Å². The van der Waals surface area contributed by atoms with Gasteiger partial charge < -0.3 is 10.1 Å². The number of carbonyl (C=O) groups is 1. The highest BCUT2D eigenvalue weighted by molar-refractivity contribution is 5.78. The fourth-order valence-electron chi connectivity index (χ4n) is 4.31. The first-order valence-corrected chi connectivity index (χ1v) is 9.12. The molecule has 2 heterocycles. The molecule has 7 nitrogen and oxygen atoms in total. The molecular formula is C18H25N5O2. The van der Waals surface area contributed by atoms with E-state index in [1.807, 2.05) is 26.8 Å². The minimum absolute atomic E-state index is 0.0171. The molecule has 0 saturated heterocycles. The van der Waals surface area contributed by atoms with Crippen LogP contribution in [0.2, 0.25) is 0 Å². The summed E-state index contributed by atoms with van der Waals surface area (Å²) < 4.78 is 7.53. The minimum atomic E-state index is -0.0171. The van der Waals surface area contributed by atoms with E-state index >= 15 is 0 Å². The molecule has 134 valence electrons. The van der Waals surface area contributed by atoms with Gasteiger partial charge in [0.15, 0.2) is 5.82 Å². The SMILES string of the molecule is CCO[C@@H]1C[C@@H](NC(=O)Cc2nc3nc(C)cc(C)n3n2)C12CCC2. The van der Waals surface area contributed by atoms with Crippen molar-refractivity contribution in [1.82, 2.24) is 24.9 Å². The predicted octanol–water partition coefficient (Wildman–Crippen LogP) is 1.75. The van der Waals surface area contributed by atoms with Gasteiger partial charge in [-0.05, 0) is 46.1 Å². The molecule has 7 heteroatoms. The van der Waals surface area contributed by atoms with Gasteiger partial charge in [-0.2, -0.15) is 4.98 Å². The quantitative estimate of drug-likeness (QED) is 0.894. The summed E-state index contributed by atoms with van der Waals surface area (Å²) in [5.41, 5.74) is 2.04. The summed E-state index contributed by atoms with van der Waals surface area (Å²) in [5.74, 6) is 1.05. The highest BCUT2D eigenvalue weighted by Crippen LogP contribution is 2.57. The molecular weight excluding hydrogens is 318 g/mol. The van der Waals surface area contributed by atoms with Crippen LogP contribution in [-0.4, -0.2) is 44.2 Å². The summed E-state index contributed by atoms with van der Waals surface area (Å²) in [6.07, 6.45) is 4.94. The zero-order valence-corrected chi connectivity index (χ0v) is 15.1. The normalized spacial score (nSPS) is 24.1. The molecule has 2 aromatic rings. The number of carbonyl (C=O) groups excluding carboxylic acids is 1. The smallest absolute Gasteiger partial charge is 0.252 e. The van der Waals surface area contributed by atoms with E-state index in [1.165, 1.54) is 6.42 Å². The molecule has 2 aliphatic rings. The maximum Gasteiger partial charge on any atom is 0.252 e. The fourth-order valence-corrected chi connectivity index (χ4v) is 4.31. The highest BCUT2D eigenvalue weighted by atomic mass is 16.5. The van der Waals surface area contributed by atoms with Crippen molar-refractivity contribution in [3.8, 4) is 0 Å². The zero-order chi connectivity index (χ0) is 17.6. The monoisotopic (exact) mass is 343 g/mol. The third-order valence-electron chi connectivity index (χ3n) is 5.75. The van der Waals surface area contributed by atoms with Crippen LogP contribution in [0.1, 0.15) is 49.8 Å². The van der Waals surface area contributed by atoms with E-state index in [0.717, 1.165) is 37.3 Å². The second-order valence-corrected chi connectivity index (χ2v) is 7.34. The van der Waals surface area contributed by atoms with Crippen molar-refractivity contribution in [3.63, 3.8) is 0 Å². The average Bonchev–Trinajstić information content (AvgIpc) is 2.86. The lowest BCUT2D eigenvalue weighted by molar-refractivity contribution is -0.175. The van der Waals surface area contributed by atoms with Crippen molar-refractivity contribution in [2.75, 3.05) is 6.61 Å². The highest BCUT2D eigenvalue weighted by Gasteiger charge is 2.59. The summed E-state index contributed by atoms with van der Waals surface area (Å²) in [4.78, 5) is 21.2. The van der Waals surface area contributed by atoms with Crippen LogP contribution in [0.15, 0.2) is 6.07 Å². The first-order chi connectivity index (χ1) is 12.0. The van der Waals surface area contributed by atoms with E-state index in [1.54, 1.807) is 4.52 Å². The largest absolute Gasteiger partial charge is 0.378 e. The van der Waals surface area contributed by atoms with Gasteiger partial charge in [-0.25, -0.2) is 9.50 Å². The molecule has 0 aromatic carbocycles. The second kappa shape index (κ2) is 6.05. The summed E-state index contributed by atoms with van der Waals surface area (Å²) >= 11 is 0. The summed E-state index contributed by atoms with van der Waals surface area (Å²) in [7, 11) is 0. The van der Waals surface area contributed by atoms with Crippen LogP contribution < -0.4 is 5.32 Å². The molecule has 4 rings (SSSR count). The molecule has 2 saturated carbocycles. The maximum atomic E-state index is 12.5. The molecule has 0 radical (unpaired) electrons. The summed E-state index contributed by atoms with van der Waals surface area (Å²) in [5, 5.41) is 7.60. The third kappa shape index (κ3) is 2.70. The Morgan fingerprint density at radius 1 is 1.40 bits per heavy atom. The maximum absolute atomic E-state index is 12.5. The van der Waals surface area contributed by atoms with Gasteiger partial charge in [-0.15, -0.1) is 5.10 Å². The minimum Gasteiger partial charge on any atom is -0.378 e. The molecule has 1 spiro atoms. The number of amides is 1. The molecule has 0 bridgehead atoms. The van der Waals surface area contributed by atoms with Crippen LogP contribution in [-0.2, 0) is 16.0 Å². The van der Waals surface area contributed by atoms with Gasteiger partial charge in [0.05, 0.1) is 12.5 Å². The predicted molar refractivity (Wildman–Crippen MR) is 92.2 cm³/mol. The first-order valence-electron chi connectivity index (χ1n) is 9.12. The molecule has 1 N–H and O–H groups in total. The molecule has 2 aliphatic carbocycles. The number of nitrogens with zero attached hydrogens (tertiary/aromatic N) is 4. The lowest BCUT2D eigenvalue weighted by Gasteiger charge is -2.61. The van der Waals surface area contributed by atoms with Gasteiger partial charge in [-0.1, -0.05) is 6.42 Å². The number of fused-ring (bicyclic) bond motifs is 1. The van der Waals surface area contributed by atoms with Crippen LogP contribution in [0.5, 0.6) is 0 Å². The first kappa shape index (κ1) is 16.4. The summed E-state index contributed by atoms with van der Waals surface area (Å²) in [6.45, 7) is 6.66. The van der Waals surface area contributed by atoms with Gasteiger partial charge >= 0.3 is 0 Å². The Morgan fingerprint density at radius 2 is 2.20 bits per heavy atom. The Morgan fingerprint density at radius 3 is 2.88 bits per heavy atom. The zero-order valence-electron chi connectivity index (χ0n) is 15.1. The Hall–Kier alpha value is -2.02. The topological polar surface area (TPSA) is 81.4 Å². The van der Waals surface area contributed by atoms with Crippen molar-refractivity contribution in [3.05, 3.63) is 23.3 Å². The molecule has 0 aliphatic heterocycles. The summed E-state index contributed by atoms with van der Waals surface area (Å²) in [6, 6.07) is 2.18. The van der Waals surface area contributed by atoms with Crippen molar-refractivity contribution in [1.29, 1.82) is 0 Å².